The lowest BCUT2D eigenvalue weighted by Crippen LogP contribution is -2.42. The van der Waals surface area contributed by atoms with Crippen LogP contribution in [0.3, 0.4) is 0 Å². The average molecular weight is 360 g/mol. The second kappa shape index (κ2) is 9.34. The van der Waals surface area contributed by atoms with E-state index in [1.807, 2.05) is 12.1 Å². The Morgan fingerprint density at radius 3 is 2.40 bits per heavy atom. The predicted molar refractivity (Wildman–Crippen MR) is 101 cm³/mol. The minimum absolute atomic E-state index is 0.189. The molecule has 2 aromatic rings. The fraction of sp³-hybridized carbons (Fsp3) is 0.400. The van der Waals surface area contributed by atoms with Crippen molar-refractivity contribution in [2.45, 2.75) is 17.5 Å². The van der Waals surface area contributed by atoms with Gasteiger partial charge < -0.3 is 10.1 Å². The number of halogens is 1. The van der Waals surface area contributed by atoms with E-state index < -0.39 is 0 Å². The number of nitrogens with one attached hydrogen (secondary N) is 1. The predicted octanol–water partition coefficient (Wildman–Crippen LogP) is 3.71. The van der Waals surface area contributed by atoms with Crippen LogP contribution in [0.5, 0.6) is 0 Å². The van der Waals surface area contributed by atoms with E-state index in [0.717, 1.165) is 45.0 Å². The monoisotopic (exact) mass is 360 g/mol. The van der Waals surface area contributed by atoms with E-state index in [9.17, 15) is 4.39 Å². The molecular weight excluding hydrogens is 335 g/mol. The van der Waals surface area contributed by atoms with Crippen LogP contribution in [0, 0.1) is 5.82 Å². The van der Waals surface area contributed by atoms with Gasteiger partial charge in [0.15, 0.2) is 0 Å². The van der Waals surface area contributed by atoms with Gasteiger partial charge in [0.25, 0.3) is 0 Å². The molecule has 1 saturated heterocycles. The Hall–Kier alpha value is -1.40. The number of hydrogen-bond donors (Lipinski definition) is 1. The molecule has 0 spiro atoms. The Balaban J connectivity index is 1.63. The van der Waals surface area contributed by atoms with E-state index in [-0.39, 0.29) is 11.9 Å². The molecule has 0 aliphatic carbocycles. The summed E-state index contributed by atoms with van der Waals surface area (Å²) < 4.78 is 18.8. The molecule has 0 radical (unpaired) electrons. The van der Waals surface area contributed by atoms with Crippen LogP contribution in [-0.2, 0) is 11.3 Å². The van der Waals surface area contributed by atoms with E-state index in [2.05, 4.69) is 40.7 Å². The minimum atomic E-state index is -0.189. The fourth-order valence-electron chi connectivity index (χ4n) is 3.13. The van der Waals surface area contributed by atoms with Gasteiger partial charge in [0.05, 0.1) is 13.2 Å². The van der Waals surface area contributed by atoms with Gasteiger partial charge in [-0.25, -0.2) is 4.39 Å². The number of thioether (sulfide) groups is 1. The number of rotatable bonds is 7. The third-order valence-electron chi connectivity index (χ3n) is 4.57. The van der Waals surface area contributed by atoms with Crippen LogP contribution in [0.1, 0.15) is 17.2 Å². The maximum absolute atomic E-state index is 13.3. The summed E-state index contributed by atoms with van der Waals surface area (Å²) in [6, 6.07) is 15.8. The summed E-state index contributed by atoms with van der Waals surface area (Å²) in [7, 11) is 0. The maximum Gasteiger partial charge on any atom is 0.123 e. The number of benzene rings is 2. The van der Waals surface area contributed by atoms with Crippen molar-refractivity contribution in [2.75, 3.05) is 39.1 Å². The van der Waals surface area contributed by atoms with Crippen molar-refractivity contribution in [2.24, 2.45) is 0 Å². The minimum Gasteiger partial charge on any atom is -0.379 e. The van der Waals surface area contributed by atoms with Gasteiger partial charge in [0.2, 0.25) is 0 Å². The summed E-state index contributed by atoms with van der Waals surface area (Å²) in [6.45, 7) is 4.99. The Labute approximate surface area is 153 Å². The molecule has 2 aromatic carbocycles. The molecule has 1 aliphatic heterocycles. The second-order valence-corrected chi connectivity index (χ2v) is 7.07. The van der Waals surface area contributed by atoms with Gasteiger partial charge in [-0.1, -0.05) is 24.3 Å². The molecule has 25 heavy (non-hydrogen) atoms. The zero-order valence-corrected chi connectivity index (χ0v) is 15.4. The van der Waals surface area contributed by atoms with E-state index in [1.165, 1.54) is 10.5 Å². The second-order valence-electron chi connectivity index (χ2n) is 6.19. The van der Waals surface area contributed by atoms with Gasteiger partial charge in [-0.05, 0) is 41.6 Å². The van der Waals surface area contributed by atoms with Gasteiger partial charge in [-0.3, -0.25) is 4.90 Å². The number of ether oxygens (including phenoxy) is 1. The van der Waals surface area contributed by atoms with E-state index >= 15 is 0 Å². The molecule has 5 heteroatoms. The quantitative estimate of drug-likeness (QED) is 0.761. The van der Waals surface area contributed by atoms with E-state index in [4.69, 9.17) is 4.74 Å². The molecule has 1 atom stereocenters. The van der Waals surface area contributed by atoms with Crippen LogP contribution in [0.25, 0.3) is 0 Å². The standard InChI is InChI=1S/C20H25FN2OS/c1-25-19-8-2-16(3-9-19)14-22-15-20(23-10-12-24-13-11-23)17-4-6-18(21)7-5-17/h2-9,20,22H,10-15H2,1H3. The first-order valence-corrected chi connectivity index (χ1v) is 9.89. The number of nitrogens with zero attached hydrogens (tertiary/aromatic N) is 1. The van der Waals surface area contributed by atoms with Crippen LogP contribution in [0.2, 0.25) is 0 Å². The summed E-state index contributed by atoms with van der Waals surface area (Å²) in [5, 5.41) is 3.57. The van der Waals surface area contributed by atoms with E-state index in [1.54, 1.807) is 23.9 Å². The molecule has 1 aliphatic rings. The van der Waals surface area contributed by atoms with Gasteiger partial charge in [0.1, 0.15) is 5.82 Å². The third-order valence-corrected chi connectivity index (χ3v) is 5.31. The highest BCUT2D eigenvalue weighted by molar-refractivity contribution is 7.98. The third kappa shape index (κ3) is 5.28. The van der Waals surface area contributed by atoms with Gasteiger partial charge in [-0.2, -0.15) is 0 Å². The number of hydrogen-bond acceptors (Lipinski definition) is 4. The highest BCUT2D eigenvalue weighted by Gasteiger charge is 2.22. The van der Waals surface area contributed by atoms with Crippen LogP contribution in [0.4, 0.5) is 4.39 Å². The van der Waals surface area contributed by atoms with Crippen molar-refractivity contribution in [3.8, 4) is 0 Å². The smallest absolute Gasteiger partial charge is 0.123 e. The first kappa shape index (κ1) is 18.4. The Morgan fingerprint density at radius 2 is 1.76 bits per heavy atom. The SMILES string of the molecule is CSc1ccc(CNCC(c2ccc(F)cc2)N2CCOCC2)cc1. The van der Waals surface area contributed by atoms with Crippen molar-refractivity contribution in [3.63, 3.8) is 0 Å². The summed E-state index contributed by atoms with van der Waals surface area (Å²) in [5.41, 5.74) is 2.42. The zero-order valence-electron chi connectivity index (χ0n) is 14.6. The zero-order chi connectivity index (χ0) is 17.5. The molecule has 1 heterocycles. The molecule has 0 bridgehead atoms. The van der Waals surface area contributed by atoms with Gasteiger partial charge >= 0.3 is 0 Å². The van der Waals surface area contributed by atoms with E-state index in [0.29, 0.717) is 0 Å². The Morgan fingerprint density at radius 1 is 1.08 bits per heavy atom. The first-order chi connectivity index (χ1) is 12.3. The summed E-state index contributed by atoms with van der Waals surface area (Å²) >= 11 is 1.75. The molecule has 3 nitrogen and oxygen atoms in total. The van der Waals surface area contributed by atoms with Crippen molar-refractivity contribution >= 4 is 11.8 Å². The van der Waals surface area contributed by atoms with Crippen molar-refractivity contribution in [1.29, 1.82) is 0 Å². The maximum atomic E-state index is 13.3. The van der Waals surface area contributed by atoms with Crippen molar-refractivity contribution in [3.05, 3.63) is 65.5 Å². The highest BCUT2D eigenvalue weighted by atomic mass is 32.2. The summed E-state index contributed by atoms with van der Waals surface area (Å²) in [4.78, 5) is 3.70. The summed E-state index contributed by atoms with van der Waals surface area (Å²) in [6.07, 6.45) is 2.09. The van der Waals surface area contributed by atoms with Gasteiger partial charge in [-0.15, -0.1) is 11.8 Å². The fourth-order valence-corrected chi connectivity index (χ4v) is 3.54. The molecule has 0 saturated carbocycles. The molecule has 1 unspecified atom stereocenters. The largest absolute Gasteiger partial charge is 0.379 e. The molecule has 0 aromatic heterocycles. The molecule has 1 fully saturated rings. The van der Waals surface area contributed by atoms with Crippen LogP contribution < -0.4 is 5.32 Å². The lowest BCUT2D eigenvalue weighted by Gasteiger charge is -2.35. The number of morpholine rings is 1. The molecule has 134 valence electrons. The van der Waals surface area contributed by atoms with Crippen LogP contribution >= 0.6 is 11.8 Å². The topological polar surface area (TPSA) is 24.5 Å². The Kier molecular flexibility index (Phi) is 6.87. The average Bonchev–Trinajstić information content (AvgIpc) is 2.67. The summed E-state index contributed by atoms with van der Waals surface area (Å²) in [5.74, 6) is -0.189. The highest BCUT2D eigenvalue weighted by Crippen LogP contribution is 2.22. The molecular formula is C20H25FN2OS. The van der Waals surface area contributed by atoms with Crippen molar-refractivity contribution in [1.82, 2.24) is 10.2 Å². The Bertz CT molecular complexity index is 642. The van der Waals surface area contributed by atoms with Crippen molar-refractivity contribution < 1.29 is 9.13 Å². The van der Waals surface area contributed by atoms with Gasteiger partial charge in [0, 0.05) is 37.1 Å². The lowest BCUT2D eigenvalue weighted by atomic mass is 10.0. The normalized spacial score (nSPS) is 16.7. The van der Waals surface area contributed by atoms with Crippen LogP contribution in [-0.4, -0.2) is 44.0 Å². The lowest BCUT2D eigenvalue weighted by molar-refractivity contribution is 0.0161. The molecule has 3 rings (SSSR count). The molecule has 1 N–H and O–H groups in total. The molecule has 0 amide bonds. The van der Waals surface area contributed by atoms with Crippen LogP contribution in [0.15, 0.2) is 53.4 Å². The first-order valence-electron chi connectivity index (χ1n) is 8.67.